The zero-order chi connectivity index (χ0) is 19.5. The number of guanidine groups is 1. The Morgan fingerprint density at radius 2 is 1.88 bits per heavy atom. The third kappa shape index (κ3) is 6.82. The first kappa shape index (κ1) is 21.6. The van der Waals surface area contributed by atoms with Gasteiger partial charge in [-0.2, -0.15) is 0 Å². The van der Waals surface area contributed by atoms with E-state index < -0.39 is 0 Å². The van der Waals surface area contributed by atoms with Crippen LogP contribution < -0.4 is 25.4 Å². The number of carbonyl (C=O) groups is 1. The Labute approximate surface area is 156 Å². The predicted molar refractivity (Wildman–Crippen MR) is 105 cm³/mol. The van der Waals surface area contributed by atoms with Crippen molar-refractivity contribution in [1.82, 2.24) is 16.0 Å². The maximum atomic E-state index is 11.6. The van der Waals surface area contributed by atoms with Crippen LogP contribution in [-0.4, -0.2) is 45.7 Å². The van der Waals surface area contributed by atoms with Crippen LogP contribution in [0.1, 0.15) is 39.3 Å². The maximum absolute atomic E-state index is 11.6. The second-order valence-corrected chi connectivity index (χ2v) is 6.18. The Bertz CT molecular complexity index is 602. The molecule has 0 saturated carbocycles. The van der Waals surface area contributed by atoms with Crippen LogP contribution >= 0.6 is 0 Å². The highest BCUT2D eigenvalue weighted by Crippen LogP contribution is 2.29. The fourth-order valence-corrected chi connectivity index (χ4v) is 2.33. The molecule has 0 aliphatic carbocycles. The second kappa shape index (κ2) is 11.2. The zero-order valence-electron chi connectivity index (χ0n) is 16.7. The molecule has 1 atom stereocenters. The van der Waals surface area contributed by atoms with Crippen molar-refractivity contribution in [1.29, 1.82) is 0 Å². The van der Waals surface area contributed by atoms with Crippen LogP contribution in [-0.2, 0) is 4.79 Å². The number of ether oxygens (including phenoxy) is 2. The van der Waals surface area contributed by atoms with Gasteiger partial charge in [-0.1, -0.05) is 13.8 Å². The normalized spacial score (nSPS) is 12.5. The SMILES string of the molecule is CCNC(=NCCNC(=O)C(C)C)NC(C)c1cc(OC)ccc1OC. The monoisotopic (exact) mass is 364 g/mol. The van der Waals surface area contributed by atoms with E-state index in [1.54, 1.807) is 14.2 Å². The Hall–Kier alpha value is -2.44. The average molecular weight is 364 g/mol. The number of benzene rings is 1. The highest BCUT2D eigenvalue weighted by atomic mass is 16.5. The molecule has 1 amide bonds. The van der Waals surface area contributed by atoms with Gasteiger partial charge in [0.05, 0.1) is 26.8 Å². The van der Waals surface area contributed by atoms with Crippen LogP contribution in [0.5, 0.6) is 11.5 Å². The molecule has 7 heteroatoms. The first-order valence-corrected chi connectivity index (χ1v) is 8.97. The van der Waals surface area contributed by atoms with Gasteiger partial charge in [-0.05, 0) is 32.0 Å². The predicted octanol–water partition coefficient (Wildman–Crippen LogP) is 2.09. The lowest BCUT2D eigenvalue weighted by Crippen LogP contribution is -2.39. The van der Waals surface area contributed by atoms with Crippen LogP contribution in [0.4, 0.5) is 0 Å². The molecule has 0 radical (unpaired) electrons. The van der Waals surface area contributed by atoms with E-state index in [1.165, 1.54) is 0 Å². The smallest absolute Gasteiger partial charge is 0.222 e. The van der Waals surface area contributed by atoms with Gasteiger partial charge < -0.3 is 25.4 Å². The van der Waals surface area contributed by atoms with E-state index in [9.17, 15) is 4.79 Å². The van der Waals surface area contributed by atoms with E-state index in [2.05, 4.69) is 20.9 Å². The number of nitrogens with zero attached hydrogens (tertiary/aromatic N) is 1. The summed E-state index contributed by atoms with van der Waals surface area (Å²) in [7, 11) is 3.29. The molecule has 0 bridgehead atoms. The molecule has 3 N–H and O–H groups in total. The first-order valence-electron chi connectivity index (χ1n) is 8.97. The molecule has 0 saturated heterocycles. The molecule has 1 unspecified atom stereocenters. The highest BCUT2D eigenvalue weighted by Gasteiger charge is 2.14. The van der Waals surface area contributed by atoms with Crippen molar-refractivity contribution in [2.24, 2.45) is 10.9 Å². The average Bonchev–Trinajstić information content (AvgIpc) is 2.64. The molecule has 146 valence electrons. The van der Waals surface area contributed by atoms with Gasteiger partial charge in [-0.3, -0.25) is 9.79 Å². The van der Waals surface area contributed by atoms with Gasteiger partial charge in [0.2, 0.25) is 5.91 Å². The summed E-state index contributed by atoms with van der Waals surface area (Å²) >= 11 is 0. The number of amides is 1. The van der Waals surface area contributed by atoms with Crippen molar-refractivity contribution in [3.63, 3.8) is 0 Å². The number of hydrogen-bond acceptors (Lipinski definition) is 4. The minimum absolute atomic E-state index is 0.0223. The van der Waals surface area contributed by atoms with E-state index in [1.807, 2.05) is 45.9 Å². The summed E-state index contributed by atoms with van der Waals surface area (Å²) in [5.74, 6) is 2.25. The molecule has 0 spiro atoms. The molecule has 1 aromatic rings. The lowest BCUT2D eigenvalue weighted by Gasteiger charge is -2.21. The molecule has 1 rings (SSSR count). The summed E-state index contributed by atoms with van der Waals surface area (Å²) in [5.41, 5.74) is 0.977. The number of aliphatic imine (C=N–C) groups is 1. The Balaban J connectivity index is 2.76. The van der Waals surface area contributed by atoms with Gasteiger partial charge in [0.25, 0.3) is 0 Å². The molecular formula is C19H32N4O3. The minimum Gasteiger partial charge on any atom is -0.497 e. The van der Waals surface area contributed by atoms with Gasteiger partial charge in [-0.25, -0.2) is 0 Å². The molecule has 7 nitrogen and oxygen atoms in total. The number of methoxy groups -OCH3 is 2. The van der Waals surface area contributed by atoms with E-state index >= 15 is 0 Å². The van der Waals surface area contributed by atoms with E-state index in [0.717, 1.165) is 23.6 Å². The van der Waals surface area contributed by atoms with E-state index in [4.69, 9.17) is 9.47 Å². The summed E-state index contributed by atoms with van der Waals surface area (Å²) in [6.07, 6.45) is 0. The van der Waals surface area contributed by atoms with Gasteiger partial charge in [0, 0.05) is 24.6 Å². The second-order valence-electron chi connectivity index (χ2n) is 6.18. The van der Waals surface area contributed by atoms with Crippen molar-refractivity contribution in [3.05, 3.63) is 23.8 Å². The summed E-state index contributed by atoms with van der Waals surface area (Å²) in [6.45, 7) is 9.52. The van der Waals surface area contributed by atoms with Gasteiger partial charge >= 0.3 is 0 Å². The number of carbonyl (C=O) groups excluding carboxylic acids is 1. The molecule has 0 heterocycles. The van der Waals surface area contributed by atoms with Crippen molar-refractivity contribution in [2.75, 3.05) is 33.9 Å². The van der Waals surface area contributed by atoms with Crippen LogP contribution in [0.3, 0.4) is 0 Å². The third-order valence-electron chi connectivity index (χ3n) is 3.81. The van der Waals surface area contributed by atoms with E-state index in [0.29, 0.717) is 19.0 Å². The topological polar surface area (TPSA) is 84.0 Å². The summed E-state index contributed by atoms with van der Waals surface area (Å²) in [5, 5.41) is 9.44. The lowest BCUT2D eigenvalue weighted by molar-refractivity contribution is -0.123. The maximum Gasteiger partial charge on any atom is 0.222 e. The van der Waals surface area contributed by atoms with Crippen molar-refractivity contribution >= 4 is 11.9 Å². The Kier molecular flexibility index (Phi) is 9.33. The summed E-state index contributed by atoms with van der Waals surface area (Å²) in [6, 6.07) is 5.66. The number of nitrogens with one attached hydrogen (secondary N) is 3. The van der Waals surface area contributed by atoms with Crippen LogP contribution in [0, 0.1) is 5.92 Å². The molecule has 26 heavy (non-hydrogen) atoms. The standard InChI is InChI=1S/C19H32N4O3/c1-7-20-19(22-11-10-21-18(24)13(2)3)23-14(4)16-12-15(25-5)8-9-17(16)26-6/h8-9,12-14H,7,10-11H2,1-6H3,(H,21,24)(H2,20,22,23). The van der Waals surface area contributed by atoms with E-state index in [-0.39, 0.29) is 17.9 Å². The number of hydrogen-bond donors (Lipinski definition) is 3. The molecule has 1 aromatic carbocycles. The molecule has 0 aliphatic heterocycles. The lowest BCUT2D eigenvalue weighted by atomic mass is 10.1. The summed E-state index contributed by atoms with van der Waals surface area (Å²) in [4.78, 5) is 16.1. The molecule has 0 aliphatic rings. The van der Waals surface area contributed by atoms with Crippen LogP contribution in [0.15, 0.2) is 23.2 Å². The van der Waals surface area contributed by atoms with Gasteiger partial charge in [0.1, 0.15) is 11.5 Å². The van der Waals surface area contributed by atoms with Crippen molar-refractivity contribution in [2.45, 2.75) is 33.7 Å². The minimum atomic E-state index is -0.0388. The zero-order valence-corrected chi connectivity index (χ0v) is 16.7. The summed E-state index contributed by atoms with van der Waals surface area (Å²) < 4.78 is 10.8. The third-order valence-corrected chi connectivity index (χ3v) is 3.81. The number of rotatable bonds is 9. The quantitative estimate of drug-likeness (QED) is 0.355. The fraction of sp³-hybridized carbons (Fsp3) is 0.579. The highest BCUT2D eigenvalue weighted by molar-refractivity contribution is 5.80. The Morgan fingerprint density at radius 3 is 2.46 bits per heavy atom. The Morgan fingerprint density at radius 1 is 1.15 bits per heavy atom. The first-order chi connectivity index (χ1) is 12.4. The molecule has 0 fully saturated rings. The fourth-order valence-electron chi connectivity index (χ4n) is 2.33. The van der Waals surface area contributed by atoms with Gasteiger partial charge in [0.15, 0.2) is 5.96 Å². The van der Waals surface area contributed by atoms with Crippen LogP contribution in [0.2, 0.25) is 0 Å². The molecular weight excluding hydrogens is 332 g/mol. The molecule has 0 aromatic heterocycles. The van der Waals surface area contributed by atoms with Gasteiger partial charge in [-0.15, -0.1) is 0 Å². The van der Waals surface area contributed by atoms with Crippen molar-refractivity contribution in [3.8, 4) is 11.5 Å². The largest absolute Gasteiger partial charge is 0.497 e. The van der Waals surface area contributed by atoms with Crippen molar-refractivity contribution < 1.29 is 14.3 Å². The van der Waals surface area contributed by atoms with Crippen LogP contribution in [0.25, 0.3) is 0 Å².